The van der Waals surface area contributed by atoms with Gasteiger partial charge in [0.25, 0.3) is 5.91 Å². The monoisotopic (exact) mass is 344 g/mol. The van der Waals surface area contributed by atoms with Crippen molar-refractivity contribution in [2.75, 3.05) is 16.6 Å². The Hall–Kier alpha value is -2.93. The topological polar surface area (TPSA) is 70.1 Å². The van der Waals surface area contributed by atoms with E-state index < -0.39 is 23.7 Å². The molecule has 0 spiro atoms. The highest BCUT2D eigenvalue weighted by Gasteiger charge is 2.44. The predicted octanol–water partition coefficient (Wildman–Crippen LogP) is 2.75. The molecule has 2 amide bonds. The molecule has 1 unspecified atom stereocenters. The Morgan fingerprint density at radius 3 is 2.56 bits per heavy atom. The Morgan fingerprint density at radius 1 is 1.20 bits per heavy atom. The average molecular weight is 344 g/mol. The lowest BCUT2D eigenvalue weighted by molar-refractivity contribution is -0.121. The lowest BCUT2D eigenvalue weighted by atomic mass is 10.2. The Kier molecular flexibility index (Phi) is 4.67. The fourth-order valence-corrected chi connectivity index (χ4v) is 2.75. The number of amides is 2. The van der Waals surface area contributed by atoms with Gasteiger partial charge in [0.05, 0.1) is 24.4 Å². The molecule has 2 aromatic rings. The molecular weight excluding hydrogens is 327 g/mol. The van der Waals surface area contributed by atoms with Crippen LogP contribution in [0.2, 0.25) is 0 Å². The Balaban J connectivity index is 1.89. The van der Waals surface area contributed by atoms with Crippen molar-refractivity contribution in [2.45, 2.75) is 19.4 Å². The zero-order chi connectivity index (χ0) is 18.0. The number of carbonyl (C=O) groups excluding carboxylic acids is 2. The fourth-order valence-electron chi connectivity index (χ4n) is 2.75. The van der Waals surface area contributed by atoms with E-state index in [9.17, 15) is 19.2 Å². The molecule has 7 heteroatoms. The van der Waals surface area contributed by atoms with Crippen molar-refractivity contribution < 1.29 is 23.9 Å². The fraction of sp³-hybridized carbons (Fsp3) is 0.222. The normalized spacial score (nSPS) is 17.1. The lowest BCUT2D eigenvalue weighted by Gasteiger charge is -2.23. The molecule has 0 saturated carbocycles. The number of ether oxygens (including phenoxy) is 1. The van der Waals surface area contributed by atoms with E-state index in [-0.39, 0.29) is 12.1 Å². The van der Waals surface area contributed by atoms with E-state index in [1.54, 1.807) is 31.2 Å². The third-order valence-corrected chi connectivity index (χ3v) is 3.92. The maximum atomic E-state index is 13.0. The number of nitrogens with zero attached hydrogens (tertiary/aromatic N) is 2. The molecule has 2 aromatic carbocycles. The molecule has 25 heavy (non-hydrogen) atoms. The van der Waals surface area contributed by atoms with Crippen LogP contribution in [0.25, 0.3) is 0 Å². The van der Waals surface area contributed by atoms with Crippen molar-refractivity contribution in [1.29, 1.82) is 0 Å². The first-order chi connectivity index (χ1) is 12.0. The summed E-state index contributed by atoms with van der Waals surface area (Å²) in [6, 6.07) is 10.7. The van der Waals surface area contributed by atoms with Crippen LogP contribution in [0.3, 0.4) is 0 Å². The standard InChI is InChI=1S/C18H17FN2O4/c1-2-25-16-6-4-3-5-14(16)20-17(22)11-15(18(20)23)21(24)13-9-7-12(19)8-10-13/h3-10,15,24H,2,11H2,1H3. The number of imide groups is 1. The lowest BCUT2D eigenvalue weighted by Crippen LogP contribution is -2.40. The molecular formula is C18H17FN2O4. The highest BCUT2D eigenvalue weighted by atomic mass is 19.1. The summed E-state index contributed by atoms with van der Waals surface area (Å²) in [5, 5.41) is 11.0. The summed E-state index contributed by atoms with van der Waals surface area (Å²) in [6.07, 6.45) is -0.187. The van der Waals surface area contributed by atoms with Crippen molar-refractivity contribution in [2.24, 2.45) is 0 Å². The van der Waals surface area contributed by atoms with E-state index in [2.05, 4.69) is 0 Å². The molecule has 3 rings (SSSR count). The second kappa shape index (κ2) is 6.90. The minimum atomic E-state index is -1.08. The number of halogens is 1. The van der Waals surface area contributed by atoms with E-state index in [4.69, 9.17) is 4.74 Å². The van der Waals surface area contributed by atoms with Crippen LogP contribution in [0, 0.1) is 5.82 Å². The summed E-state index contributed by atoms with van der Waals surface area (Å²) in [7, 11) is 0. The van der Waals surface area contributed by atoms with Gasteiger partial charge in [0.15, 0.2) is 0 Å². The van der Waals surface area contributed by atoms with Gasteiger partial charge in [-0.15, -0.1) is 0 Å². The summed E-state index contributed by atoms with van der Waals surface area (Å²) < 4.78 is 18.5. The van der Waals surface area contributed by atoms with Gasteiger partial charge in [0, 0.05) is 0 Å². The molecule has 6 nitrogen and oxygen atoms in total. The molecule has 1 saturated heterocycles. The molecule has 1 aliphatic heterocycles. The van der Waals surface area contributed by atoms with Crippen LogP contribution in [0.15, 0.2) is 48.5 Å². The quantitative estimate of drug-likeness (QED) is 0.667. The molecule has 1 aliphatic rings. The van der Waals surface area contributed by atoms with E-state index in [0.29, 0.717) is 23.1 Å². The highest BCUT2D eigenvalue weighted by Crippen LogP contribution is 2.34. The van der Waals surface area contributed by atoms with Crippen molar-refractivity contribution >= 4 is 23.2 Å². The third kappa shape index (κ3) is 3.18. The van der Waals surface area contributed by atoms with Crippen LogP contribution in [-0.2, 0) is 9.59 Å². The molecule has 0 radical (unpaired) electrons. The van der Waals surface area contributed by atoms with Crippen molar-refractivity contribution in [3.8, 4) is 5.75 Å². The van der Waals surface area contributed by atoms with E-state index in [1.807, 2.05) is 0 Å². The van der Waals surface area contributed by atoms with Crippen LogP contribution in [0.4, 0.5) is 15.8 Å². The average Bonchev–Trinajstić information content (AvgIpc) is 2.90. The highest BCUT2D eigenvalue weighted by molar-refractivity contribution is 6.23. The second-order valence-corrected chi connectivity index (χ2v) is 5.51. The number of hydroxylamine groups is 1. The molecule has 1 atom stereocenters. The van der Waals surface area contributed by atoms with Gasteiger partial charge < -0.3 is 4.74 Å². The molecule has 1 fully saturated rings. The zero-order valence-corrected chi connectivity index (χ0v) is 13.6. The van der Waals surface area contributed by atoms with Gasteiger partial charge in [-0.25, -0.2) is 14.4 Å². The predicted molar refractivity (Wildman–Crippen MR) is 89.2 cm³/mol. The largest absolute Gasteiger partial charge is 0.492 e. The first-order valence-electron chi connectivity index (χ1n) is 7.85. The van der Waals surface area contributed by atoms with E-state index in [0.717, 1.165) is 4.90 Å². The van der Waals surface area contributed by atoms with Crippen LogP contribution < -0.4 is 14.7 Å². The minimum absolute atomic E-state index is 0.187. The van der Waals surface area contributed by atoms with Crippen molar-refractivity contribution in [3.63, 3.8) is 0 Å². The number of benzene rings is 2. The Bertz CT molecular complexity index is 794. The van der Waals surface area contributed by atoms with Crippen LogP contribution >= 0.6 is 0 Å². The summed E-state index contributed by atoms with van der Waals surface area (Å²) >= 11 is 0. The smallest absolute Gasteiger partial charge is 0.259 e. The summed E-state index contributed by atoms with van der Waals surface area (Å²) in [6.45, 7) is 2.19. The van der Waals surface area contributed by atoms with Gasteiger partial charge in [0.1, 0.15) is 17.6 Å². The number of carbonyl (C=O) groups is 2. The number of hydrogen-bond acceptors (Lipinski definition) is 5. The summed E-state index contributed by atoms with van der Waals surface area (Å²) in [4.78, 5) is 26.1. The second-order valence-electron chi connectivity index (χ2n) is 5.51. The molecule has 1 heterocycles. The van der Waals surface area contributed by atoms with Crippen molar-refractivity contribution in [3.05, 3.63) is 54.3 Å². The Morgan fingerprint density at radius 2 is 1.88 bits per heavy atom. The van der Waals surface area contributed by atoms with Gasteiger partial charge >= 0.3 is 0 Å². The first kappa shape index (κ1) is 16.9. The van der Waals surface area contributed by atoms with Crippen molar-refractivity contribution in [1.82, 2.24) is 0 Å². The Labute approximate surface area is 144 Å². The number of rotatable bonds is 5. The minimum Gasteiger partial charge on any atom is -0.492 e. The molecule has 1 N–H and O–H groups in total. The maximum absolute atomic E-state index is 13.0. The summed E-state index contributed by atoms with van der Waals surface area (Å²) in [5.74, 6) is -1.05. The summed E-state index contributed by atoms with van der Waals surface area (Å²) in [5.41, 5.74) is 0.571. The molecule has 0 aliphatic carbocycles. The zero-order valence-electron chi connectivity index (χ0n) is 13.6. The van der Waals surface area contributed by atoms with Gasteiger partial charge in [0.2, 0.25) is 5.91 Å². The SMILES string of the molecule is CCOc1ccccc1N1C(=O)CC(N(O)c2ccc(F)cc2)C1=O. The van der Waals surface area contributed by atoms with Gasteiger partial charge in [-0.2, -0.15) is 0 Å². The molecule has 0 aromatic heterocycles. The first-order valence-corrected chi connectivity index (χ1v) is 7.85. The van der Waals surface area contributed by atoms with E-state index >= 15 is 0 Å². The van der Waals surface area contributed by atoms with Crippen LogP contribution in [0.1, 0.15) is 13.3 Å². The van der Waals surface area contributed by atoms with Gasteiger partial charge in [-0.3, -0.25) is 14.8 Å². The van der Waals surface area contributed by atoms with Crippen LogP contribution in [0.5, 0.6) is 5.75 Å². The number of hydrogen-bond donors (Lipinski definition) is 1. The van der Waals surface area contributed by atoms with Gasteiger partial charge in [-0.05, 0) is 43.3 Å². The molecule has 130 valence electrons. The third-order valence-electron chi connectivity index (χ3n) is 3.92. The number of anilines is 2. The maximum Gasteiger partial charge on any atom is 0.259 e. The number of para-hydroxylation sites is 2. The van der Waals surface area contributed by atoms with E-state index in [1.165, 1.54) is 24.3 Å². The van der Waals surface area contributed by atoms with Gasteiger partial charge in [-0.1, -0.05) is 12.1 Å². The van der Waals surface area contributed by atoms with Crippen LogP contribution in [-0.4, -0.2) is 29.7 Å². The molecule has 0 bridgehead atoms.